The van der Waals surface area contributed by atoms with Gasteiger partial charge in [0.2, 0.25) is 0 Å². The zero-order valence-electron chi connectivity index (χ0n) is 19.2. The number of carbonyl (C=O) groups excluding carboxylic acids is 1. The number of fused-ring (bicyclic) bond motifs is 1. The summed E-state index contributed by atoms with van der Waals surface area (Å²) in [5, 5.41) is 45.0. The Kier molecular flexibility index (Phi) is 10.1. The maximum Gasteiger partial charge on any atom is 0.335 e. The van der Waals surface area contributed by atoms with Crippen LogP contribution in [0.1, 0.15) is 5.56 Å². The van der Waals surface area contributed by atoms with Crippen molar-refractivity contribution in [1.82, 2.24) is 15.4 Å². The summed E-state index contributed by atoms with van der Waals surface area (Å²) in [6.07, 6.45) is 2.33. The van der Waals surface area contributed by atoms with Crippen molar-refractivity contribution in [2.24, 2.45) is 0 Å². The topological polar surface area (TPSA) is 221 Å². The van der Waals surface area contributed by atoms with E-state index in [0.717, 1.165) is 11.3 Å². The zero-order chi connectivity index (χ0) is 27.5. The first-order chi connectivity index (χ1) is 17.6. The Morgan fingerprint density at radius 2 is 1.73 bits per heavy atom. The fourth-order valence-electron chi connectivity index (χ4n) is 2.71. The molecule has 1 amide bonds. The average Bonchev–Trinajstić information content (AvgIpc) is 2.90. The van der Waals surface area contributed by atoms with Crippen LogP contribution in [0.4, 0.5) is 11.5 Å². The van der Waals surface area contributed by atoms with Gasteiger partial charge in [-0.1, -0.05) is 12.0 Å². The number of carbonyl (C=O) groups is 3. The maximum absolute atomic E-state index is 11.2. The molecule has 2 aromatic carbocycles. The van der Waals surface area contributed by atoms with Crippen molar-refractivity contribution in [1.29, 1.82) is 0 Å². The Morgan fingerprint density at radius 3 is 2.30 bits per heavy atom. The van der Waals surface area contributed by atoms with Crippen LogP contribution in [0, 0.1) is 12.3 Å². The summed E-state index contributed by atoms with van der Waals surface area (Å²) in [5.74, 6) is -0.406. The number of hydroxylamine groups is 1. The number of hydrogen-bond donors (Lipinski definition) is 7. The summed E-state index contributed by atoms with van der Waals surface area (Å²) in [6, 6.07) is 10.7. The van der Waals surface area contributed by atoms with Gasteiger partial charge in [0, 0.05) is 22.7 Å². The van der Waals surface area contributed by atoms with E-state index in [-0.39, 0.29) is 6.61 Å². The summed E-state index contributed by atoms with van der Waals surface area (Å²) in [5.41, 5.74) is 3.63. The number of nitrogens with one attached hydrogen (secondary N) is 2. The van der Waals surface area contributed by atoms with Crippen molar-refractivity contribution in [3.05, 3.63) is 48.3 Å². The molecule has 0 aliphatic carbocycles. The number of aromatic nitrogens is 2. The highest BCUT2D eigenvalue weighted by atomic mass is 16.5. The molecule has 1 aromatic heterocycles. The molecule has 194 valence electrons. The molecule has 0 aliphatic heterocycles. The summed E-state index contributed by atoms with van der Waals surface area (Å²) < 4.78 is 10.7. The van der Waals surface area contributed by atoms with Crippen LogP contribution in [0.5, 0.6) is 11.5 Å². The van der Waals surface area contributed by atoms with Gasteiger partial charge in [-0.25, -0.2) is 25.0 Å². The highest BCUT2D eigenvalue weighted by Gasteiger charge is 2.29. The molecule has 0 aliphatic rings. The molecular weight excluding hydrogens is 492 g/mol. The Bertz CT molecular complexity index is 1310. The van der Waals surface area contributed by atoms with E-state index >= 15 is 0 Å². The van der Waals surface area contributed by atoms with E-state index in [2.05, 4.69) is 21.2 Å². The van der Waals surface area contributed by atoms with Gasteiger partial charge in [-0.3, -0.25) is 10.0 Å². The number of amides is 1. The van der Waals surface area contributed by atoms with Crippen LogP contribution in [-0.4, -0.2) is 79.4 Å². The molecule has 0 fully saturated rings. The van der Waals surface area contributed by atoms with Gasteiger partial charge in [0.1, 0.15) is 12.1 Å². The SMILES string of the molecule is C#Cc1cccc(Nc2ncnc3cc(OC)c(OCC(=O)NO)cc23)c1.O=C(O)C(O)C(O)C(=O)O. The Balaban J connectivity index is 0.000000410. The van der Waals surface area contributed by atoms with E-state index in [9.17, 15) is 14.4 Å². The number of carboxylic acid groups (broad SMARTS) is 2. The predicted octanol–water partition coefficient (Wildman–Crippen LogP) is 0.125. The van der Waals surface area contributed by atoms with Gasteiger partial charge in [0.05, 0.1) is 12.6 Å². The molecule has 0 saturated heterocycles. The Morgan fingerprint density at radius 1 is 1.05 bits per heavy atom. The number of methoxy groups -OCH3 is 1. The third-order valence-corrected chi connectivity index (χ3v) is 4.50. The van der Waals surface area contributed by atoms with Gasteiger partial charge in [0.25, 0.3) is 5.91 Å². The van der Waals surface area contributed by atoms with Crippen LogP contribution in [0.2, 0.25) is 0 Å². The molecule has 37 heavy (non-hydrogen) atoms. The number of nitrogens with zero attached hydrogens (tertiary/aromatic N) is 2. The number of aliphatic hydroxyl groups is 2. The third-order valence-electron chi connectivity index (χ3n) is 4.50. The first-order valence-electron chi connectivity index (χ1n) is 10.1. The largest absolute Gasteiger partial charge is 0.493 e. The highest BCUT2D eigenvalue weighted by Crippen LogP contribution is 2.34. The number of ether oxygens (including phenoxy) is 2. The van der Waals surface area contributed by atoms with Gasteiger partial charge >= 0.3 is 11.9 Å². The van der Waals surface area contributed by atoms with Gasteiger partial charge in [-0.05, 0) is 24.3 Å². The molecule has 0 spiro atoms. The minimum atomic E-state index is -2.27. The summed E-state index contributed by atoms with van der Waals surface area (Å²) >= 11 is 0. The number of aliphatic carboxylic acids is 2. The van der Waals surface area contributed by atoms with Gasteiger partial charge in [-0.2, -0.15) is 0 Å². The van der Waals surface area contributed by atoms with Crippen LogP contribution < -0.4 is 20.3 Å². The average molecular weight is 514 g/mol. The lowest BCUT2D eigenvalue weighted by Gasteiger charge is -2.13. The second-order valence-corrected chi connectivity index (χ2v) is 6.98. The van der Waals surface area contributed by atoms with Crippen LogP contribution in [0.15, 0.2) is 42.7 Å². The minimum Gasteiger partial charge on any atom is -0.493 e. The summed E-state index contributed by atoms with van der Waals surface area (Å²) in [6.45, 7) is -0.376. The van der Waals surface area contributed by atoms with E-state index in [0.29, 0.717) is 28.2 Å². The lowest BCUT2D eigenvalue weighted by atomic mass is 10.2. The predicted molar refractivity (Wildman–Crippen MR) is 126 cm³/mol. The second kappa shape index (κ2) is 13.2. The van der Waals surface area contributed by atoms with E-state index < -0.39 is 30.1 Å². The molecule has 3 rings (SSSR count). The Hall–Kier alpha value is -4.97. The fraction of sp³-hybridized carbons (Fsp3) is 0.174. The first kappa shape index (κ1) is 28.3. The number of carboxylic acids is 2. The quantitative estimate of drug-likeness (QED) is 0.115. The molecule has 2 atom stereocenters. The molecule has 0 saturated carbocycles. The van der Waals surface area contributed by atoms with E-state index in [4.69, 9.17) is 41.5 Å². The first-order valence-corrected chi connectivity index (χ1v) is 10.1. The molecule has 1 heterocycles. The number of hydrogen-bond acceptors (Lipinski definition) is 11. The molecule has 14 nitrogen and oxygen atoms in total. The molecule has 0 bridgehead atoms. The van der Waals surface area contributed by atoms with E-state index in [1.165, 1.54) is 18.9 Å². The number of aliphatic hydroxyl groups excluding tert-OH is 2. The number of benzene rings is 2. The van der Waals surface area contributed by atoms with E-state index in [1.807, 2.05) is 24.3 Å². The van der Waals surface area contributed by atoms with Gasteiger partial charge < -0.3 is 35.2 Å². The van der Waals surface area contributed by atoms with Crippen LogP contribution in [0.25, 0.3) is 10.9 Å². The van der Waals surface area contributed by atoms with Crippen LogP contribution in [0.3, 0.4) is 0 Å². The van der Waals surface area contributed by atoms with Crippen molar-refractivity contribution >= 4 is 40.3 Å². The molecule has 7 N–H and O–H groups in total. The number of terminal acetylenes is 1. The lowest BCUT2D eigenvalue weighted by molar-refractivity contribution is -0.165. The maximum atomic E-state index is 11.2. The lowest BCUT2D eigenvalue weighted by Crippen LogP contribution is -2.39. The summed E-state index contributed by atoms with van der Waals surface area (Å²) in [7, 11) is 1.48. The molecule has 14 heteroatoms. The number of anilines is 2. The third kappa shape index (κ3) is 7.77. The Labute approximate surface area is 209 Å². The second-order valence-electron chi connectivity index (χ2n) is 6.98. The monoisotopic (exact) mass is 514 g/mol. The van der Waals surface area contributed by atoms with Crippen molar-refractivity contribution in [2.45, 2.75) is 12.2 Å². The molecule has 2 unspecified atom stereocenters. The zero-order valence-corrected chi connectivity index (χ0v) is 19.2. The normalized spacial score (nSPS) is 11.6. The van der Waals surface area contributed by atoms with Crippen LogP contribution in [-0.2, 0) is 14.4 Å². The van der Waals surface area contributed by atoms with Crippen LogP contribution >= 0.6 is 0 Å². The molecule has 3 aromatic rings. The number of rotatable bonds is 9. The standard InChI is InChI=1S/C19H16N4O4.C4H6O6/c1-3-12-5-4-6-13(7-12)22-19-14-8-17(27-10-18(24)23-25)16(26-2)9-15(14)20-11-21-19;5-1(3(7)8)2(6)4(9)10/h1,4-9,11,25H,10H2,2H3,(H,23,24)(H,20,21,22);1-2,5-6H,(H,7,8)(H,9,10). The fourth-order valence-corrected chi connectivity index (χ4v) is 2.71. The highest BCUT2D eigenvalue weighted by molar-refractivity contribution is 5.93. The minimum absolute atomic E-state index is 0.309. The van der Waals surface area contributed by atoms with Gasteiger partial charge in [0.15, 0.2) is 30.3 Å². The molecule has 0 radical (unpaired) electrons. The molecular formula is C23H22N4O10. The van der Waals surface area contributed by atoms with Crippen molar-refractivity contribution in [3.8, 4) is 23.8 Å². The van der Waals surface area contributed by atoms with Crippen molar-refractivity contribution < 1.29 is 49.5 Å². The van der Waals surface area contributed by atoms with Gasteiger partial charge in [-0.15, -0.1) is 6.42 Å². The van der Waals surface area contributed by atoms with E-state index in [1.54, 1.807) is 12.1 Å². The van der Waals surface area contributed by atoms with Crippen molar-refractivity contribution in [2.75, 3.05) is 19.0 Å². The summed E-state index contributed by atoms with van der Waals surface area (Å²) in [4.78, 5) is 39.3. The smallest absolute Gasteiger partial charge is 0.335 e. The van der Waals surface area contributed by atoms with Crippen molar-refractivity contribution in [3.63, 3.8) is 0 Å².